The fraction of sp³-hybridized carbons (Fsp3) is 0.467. The zero-order chi connectivity index (χ0) is 15.5. The van der Waals surface area contributed by atoms with Crippen LogP contribution in [0.3, 0.4) is 0 Å². The van der Waals surface area contributed by atoms with E-state index in [4.69, 9.17) is 4.74 Å². The van der Waals surface area contributed by atoms with Crippen LogP contribution in [0.5, 0.6) is 0 Å². The van der Waals surface area contributed by atoms with Crippen molar-refractivity contribution in [3.63, 3.8) is 0 Å². The third kappa shape index (κ3) is 3.48. The molecule has 2 atom stereocenters. The molecule has 3 rings (SSSR count). The van der Waals surface area contributed by atoms with Crippen LogP contribution in [0.25, 0.3) is 0 Å². The molecule has 0 aliphatic carbocycles. The van der Waals surface area contributed by atoms with E-state index in [1.165, 1.54) is 10.4 Å². The van der Waals surface area contributed by atoms with Crippen LogP contribution in [-0.4, -0.2) is 24.2 Å². The quantitative estimate of drug-likeness (QED) is 0.900. The maximum atomic E-state index is 12.0. The number of thiazole rings is 1. The van der Waals surface area contributed by atoms with Gasteiger partial charge in [0.15, 0.2) is 0 Å². The lowest BCUT2D eigenvalue weighted by molar-refractivity contribution is 0.0453. The highest BCUT2D eigenvalue weighted by atomic mass is 32.1. The molecule has 7 heteroatoms. The summed E-state index contributed by atoms with van der Waals surface area (Å²) < 4.78 is 5.76. The minimum Gasteiger partial charge on any atom is -0.371 e. The van der Waals surface area contributed by atoms with Crippen molar-refractivity contribution in [1.82, 2.24) is 15.6 Å². The number of fused-ring (bicyclic) bond motifs is 1. The summed E-state index contributed by atoms with van der Waals surface area (Å²) in [6.45, 7) is 5.15. The Labute approximate surface area is 137 Å². The largest absolute Gasteiger partial charge is 0.371 e. The lowest BCUT2D eigenvalue weighted by atomic mass is 10.1. The van der Waals surface area contributed by atoms with E-state index < -0.39 is 0 Å². The SMILES string of the molecule is Cc1cnc([C@@H](C)NC(=O)NC[C@H]2OCCc3sccc32)s1. The maximum Gasteiger partial charge on any atom is 0.315 e. The number of urea groups is 1. The minimum absolute atomic E-state index is 0.0434. The van der Waals surface area contributed by atoms with Crippen molar-refractivity contribution >= 4 is 28.7 Å². The average molecular weight is 337 g/mol. The van der Waals surface area contributed by atoms with Crippen molar-refractivity contribution in [2.24, 2.45) is 0 Å². The van der Waals surface area contributed by atoms with Crippen molar-refractivity contribution in [2.75, 3.05) is 13.2 Å². The summed E-state index contributed by atoms with van der Waals surface area (Å²) in [5.41, 5.74) is 1.21. The van der Waals surface area contributed by atoms with Gasteiger partial charge in [-0.05, 0) is 30.9 Å². The van der Waals surface area contributed by atoms with Crippen LogP contribution < -0.4 is 10.6 Å². The van der Waals surface area contributed by atoms with Crippen LogP contribution in [0.2, 0.25) is 0 Å². The minimum atomic E-state index is -0.189. The van der Waals surface area contributed by atoms with Crippen LogP contribution >= 0.6 is 22.7 Å². The highest BCUT2D eigenvalue weighted by Crippen LogP contribution is 2.30. The Kier molecular flexibility index (Phi) is 4.75. The van der Waals surface area contributed by atoms with E-state index in [1.54, 1.807) is 22.7 Å². The summed E-state index contributed by atoms with van der Waals surface area (Å²) in [5.74, 6) is 0. The normalized spacial score (nSPS) is 18.5. The molecule has 0 spiro atoms. The number of rotatable bonds is 4. The molecule has 2 aromatic rings. The Balaban J connectivity index is 1.51. The molecule has 118 valence electrons. The first-order valence-corrected chi connectivity index (χ1v) is 8.97. The summed E-state index contributed by atoms with van der Waals surface area (Å²) in [6, 6.07) is 1.80. The Morgan fingerprint density at radius 1 is 1.59 bits per heavy atom. The number of amides is 2. The van der Waals surface area contributed by atoms with Crippen molar-refractivity contribution in [1.29, 1.82) is 0 Å². The second kappa shape index (κ2) is 6.76. The first-order chi connectivity index (χ1) is 10.6. The van der Waals surface area contributed by atoms with Gasteiger partial charge in [-0.15, -0.1) is 22.7 Å². The van der Waals surface area contributed by atoms with Gasteiger partial charge in [-0.1, -0.05) is 0 Å². The number of ether oxygens (including phenoxy) is 1. The third-order valence-corrected chi connectivity index (χ3v) is 5.67. The molecular weight excluding hydrogens is 318 g/mol. The fourth-order valence-electron chi connectivity index (χ4n) is 2.46. The predicted octanol–water partition coefficient (Wildman–Crippen LogP) is 3.19. The van der Waals surface area contributed by atoms with Gasteiger partial charge in [0.1, 0.15) is 11.1 Å². The molecule has 0 radical (unpaired) electrons. The highest BCUT2D eigenvalue weighted by Gasteiger charge is 2.22. The number of nitrogens with zero attached hydrogens (tertiary/aromatic N) is 1. The lowest BCUT2D eigenvalue weighted by Crippen LogP contribution is -2.40. The summed E-state index contributed by atoms with van der Waals surface area (Å²) in [4.78, 5) is 18.8. The molecule has 3 heterocycles. The zero-order valence-electron chi connectivity index (χ0n) is 12.6. The number of carbonyl (C=O) groups is 1. The summed E-state index contributed by atoms with van der Waals surface area (Å²) in [6.07, 6.45) is 2.75. The molecule has 22 heavy (non-hydrogen) atoms. The van der Waals surface area contributed by atoms with Crippen LogP contribution in [0.15, 0.2) is 17.6 Å². The molecule has 1 aliphatic heterocycles. The average Bonchev–Trinajstić information content (AvgIpc) is 3.13. The molecule has 0 fully saturated rings. The number of carbonyl (C=O) groups excluding carboxylic acids is 1. The van der Waals surface area contributed by atoms with Crippen molar-refractivity contribution in [3.05, 3.63) is 38.0 Å². The van der Waals surface area contributed by atoms with E-state index in [1.807, 2.05) is 20.0 Å². The summed E-state index contributed by atoms with van der Waals surface area (Å²) in [5, 5.41) is 8.81. The fourth-order valence-corrected chi connectivity index (χ4v) is 4.15. The molecule has 0 saturated heterocycles. The molecule has 1 aliphatic rings. The van der Waals surface area contributed by atoms with Gasteiger partial charge in [0.2, 0.25) is 0 Å². The third-order valence-electron chi connectivity index (χ3n) is 3.58. The number of aryl methyl sites for hydroxylation is 1. The second-order valence-electron chi connectivity index (χ2n) is 5.29. The zero-order valence-corrected chi connectivity index (χ0v) is 14.2. The molecule has 2 amide bonds. The molecule has 0 aromatic carbocycles. The molecule has 2 N–H and O–H groups in total. The Hall–Kier alpha value is -1.44. The molecule has 0 saturated carbocycles. The van der Waals surface area contributed by atoms with Crippen molar-refractivity contribution < 1.29 is 9.53 Å². The Morgan fingerprint density at radius 3 is 3.23 bits per heavy atom. The van der Waals surface area contributed by atoms with Crippen LogP contribution in [-0.2, 0) is 11.2 Å². The molecule has 0 unspecified atom stereocenters. The van der Waals surface area contributed by atoms with Crippen LogP contribution in [0.4, 0.5) is 4.79 Å². The van der Waals surface area contributed by atoms with Gasteiger partial charge in [-0.2, -0.15) is 0 Å². The van der Waals surface area contributed by atoms with E-state index >= 15 is 0 Å². The van der Waals surface area contributed by atoms with E-state index in [9.17, 15) is 4.79 Å². The first-order valence-electron chi connectivity index (χ1n) is 7.28. The Morgan fingerprint density at radius 2 is 2.45 bits per heavy atom. The molecule has 5 nitrogen and oxygen atoms in total. The van der Waals surface area contributed by atoms with Gasteiger partial charge in [-0.25, -0.2) is 9.78 Å². The number of hydrogen-bond donors (Lipinski definition) is 2. The van der Waals surface area contributed by atoms with Crippen LogP contribution in [0, 0.1) is 6.92 Å². The van der Waals surface area contributed by atoms with Gasteiger partial charge >= 0.3 is 6.03 Å². The topological polar surface area (TPSA) is 63.2 Å². The molecular formula is C15H19N3O2S2. The van der Waals surface area contributed by atoms with Gasteiger partial charge < -0.3 is 15.4 Å². The molecule has 0 bridgehead atoms. The number of nitrogens with one attached hydrogen (secondary N) is 2. The van der Waals surface area contributed by atoms with Gasteiger partial charge in [-0.3, -0.25) is 0 Å². The standard InChI is InChI=1S/C15H19N3O2S2/c1-9-7-16-14(22-9)10(2)18-15(19)17-8-12-11-4-6-21-13(11)3-5-20-12/h4,6-7,10,12H,3,5,8H2,1-2H3,(H2,17,18,19)/t10-,12-/m1/s1. The first kappa shape index (κ1) is 15.5. The van der Waals surface area contributed by atoms with Crippen molar-refractivity contribution in [3.8, 4) is 0 Å². The predicted molar refractivity (Wildman–Crippen MR) is 88.5 cm³/mol. The van der Waals surface area contributed by atoms with E-state index in [0.29, 0.717) is 6.54 Å². The lowest BCUT2D eigenvalue weighted by Gasteiger charge is -2.24. The van der Waals surface area contributed by atoms with Crippen molar-refractivity contribution in [2.45, 2.75) is 32.4 Å². The summed E-state index contributed by atoms with van der Waals surface area (Å²) in [7, 11) is 0. The van der Waals surface area contributed by atoms with E-state index in [0.717, 1.165) is 22.9 Å². The van der Waals surface area contributed by atoms with E-state index in [-0.39, 0.29) is 18.2 Å². The monoisotopic (exact) mass is 337 g/mol. The van der Waals surface area contributed by atoms with E-state index in [2.05, 4.69) is 27.1 Å². The number of thiophene rings is 1. The molecule has 2 aromatic heterocycles. The smallest absolute Gasteiger partial charge is 0.315 e. The van der Waals surface area contributed by atoms with Crippen LogP contribution in [0.1, 0.15) is 39.4 Å². The Bertz CT molecular complexity index is 653. The second-order valence-corrected chi connectivity index (χ2v) is 7.56. The van der Waals surface area contributed by atoms with Gasteiger partial charge in [0.25, 0.3) is 0 Å². The summed E-state index contributed by atoms with van der Waals surface area (Å²) >= 11 is 3.36. The highest BCUT2D eigenvalue weighted by molar-refractivity contribution is 7.11. The van der Waals surface area contributed by atoms with Gasteiger partial charge in [0, 0.05) is 28.9 Å². The number of hydrogen-bond acceptors (Lipinski definition) is 5. The van der Waals surface area contributed by atoms with Gasteiger partial charge in [0.05, 0.1) is 12.6 Å². The number of aromatic nitrogens is 1. The maximum absolute atomic E-state index is 12.0.